The number of carbonyl (C=O) groups is 1. The molecule has 0 aliphatic heterocycles. The molecule has 0 bridgehead atoms. The number of benzene rings is 1. The summed E-state index contributed by atoms with van der Waals surface area (Å²) in [7, 11) is 1.35. The summed E-state index contributed by atoms with van der Waals surface area (Å²) in [6.45, 7) is 0. The second-order valence-corrected chi connectivity index (χ2v) is 5.30. The fourth-order valence-electron chi connectivity index (χ4n) is 1.67. The van der Waals surface area contributed by atoms with Crippen molar-refractivity contribution in [3.63, 3.8) is 0 Å². The molecule has 1 aromatic carbocycles. The maximum Gasteiger partial charge on any atom is 0.453 e. The van der Waals surface area contributed by atoms with Crippen LogP contribution in [0.25, 0.3) is 0 Å². The lowest BCUT2D eigenvalue weighted by Crippen LogP contribution is -2.21. The Morgan fingerprint density at radius 2 is 2.08 bits per heavy atom. The van der Waals surface area contributed by atoms with Crippen LogP contribution in [0.1, 0.15) is 16.2 Å². The van der Waals surface area contributed by atoms with E-state index in [4.69, 9.17) is 5.84 Å². The number of hydrogen-bond donors (Lipinski definition) is 2. The molecule has 0 radical (unpaired) electrons. The van der Waals surface area contributed by atoms with Crippen molar-refractivity contribution in [2.75, 3.05) is 12.9 Å². The summed E-state index contributed by atoms with van der Waals surface area (Å²) in [4.78, 5) is 21.8. The number of rotatable bonds is 4. The molecule has 0 aliphatic rings. The Labute approximate surface area is 136 Å². The Morgan fingerprint density at radius 3 is 2.58 bits per heavy atom. The summed E-state index contributed by atoms with van der Waals surface area (Å²) in [5, 5.41) is 19.3. The van der Waals surface area contributed by atoms with Crippen LogP contribution < -0.4 is 11.2 Å². The molecule has 0 saturated heterocycles. The van der Waals surface area contributed by atoms with E-state index in [0.29, 0.717) is 11.8 Å². The minimum Gasteiger partial charge on any atom is -0.355 e. The van der Waals surface area contributed by atoms with Gasteiger partial charge in [0.1, 0.15) is 0 Å². The summed E-state index contributed by atoms with van der Waals surface area (Å²) in [5.74, 6) is 3.30. The number of nitrogen functional groups attached to an aromatic ring is 1. The zero-order chi connectivity index (χ0) is 18.1. The summed E-state index contributed by atoms with van der Waals surface area (Å²) in [6.07, 6.45) is -4.81. The van der Waals surface area contributed by atoms with Gasteiger partial charge >= 0.3 is 6.18 Å². The second kappa shape index (κ2) is 6.35. The average Bonchev–Trinajstić information content (AvgIpc) is 2.87. The number of nitrogens with two attached hydrogens (primary N) is 1. The molecule has 13 heteroatoms. The molecule has 0 unspecified atom stereocenters. The number of nitrogens with one attached hydrogen (secondary N) is 1. The van der Waals surface area contributed by atoms with Crippen LogP contribution in [0.5, 0.6) is 0 Å². The van der Waals surface area contributed by atoms with E-state index in [1.165, 1.54) is 19.2 Å². The topological polar surface area (TPSA) is 129 Å². The van der Waals surface area contributed by atoms with E-state index >= 15 is 0 Å². The third-order valence-corrected chi connectivity index (χ3v) is 3.79. The highest BCUT2D eigenvalue weighted by atomic mass is 32.2. The summed E-state index contributed by atoms with van der Waals surface area (Å²) in [5.41, 5.74) is -0.448. The molecule has 2 aromatic rings. The van der Waals surface area contributed by atoms with Crippen molar-refractivity contribution in [2.45, 2.75) is 16.2 Å². The van der Waals surface area contributed by atoms with Crippen LogP contribution in [0.4, 0.5) is 18.9 Å². The maximum atomic E-state index is 12.6. The van der Waals surface area contributed by atoms with E-state index < -0.39 is 33.7 Å². The molecule has 0 saturated carbocycles. The number of alkyl halides is 3. The predicted molar refractivity (Wildman–Crippen MR) is 75.8 cm³/mol. The number of carbonyl (C=O) groups excluding carboxylic acids is 1. The minimum atomic E-state index is -4.81. The van der Waals surface area contributed by atoms with Crippen LogP contribution >= 0.6 is 11.8 Å². The van der Waals surface area contributed by atoms with Gasteiger partial charge in [0.15, 0.2) is 0 Å². The number of halogens is 3. The lowest BCUT2D eigenvalue weighted by molar-refractivity contribution is -0.387. The first-order chi connectivity index (χ1) is 11.1. The van der Waals surface area contributed by atoms with Crippen molar-refractivity contribution in [1.82, 2.24) is 20.2 Å². The number of hydrogen-bond acceptors (Lipinski definition) is 7. The van der Waals surface area contributed by atoms with Gasteiger partial charge in [-0.15, -0.1) is 10.2 Å². The molecule has 0 spiro atoms. The van der Waals surface area contributed by atoms with E-state index in [1.54, 1.807) is 0 Å². The number of amides is 1. The first-order valence-electron chi connectivity index (χ1n) is 6.11. The van der Waals surface area contributed by atoms with E-state index in [-0.39, 0.29) is 15.1 Å². The van der Waals surface area contributed by atoms with Crippen LogP contribution in [-0.2, 0) is 6.18 Å². The van der Waals surface area contributed by atoms with Gasteiger partial charge in [-0.2, -0.15) is 13.2 Å². The molecule has 1 heterocycles. The normalized spacial score (nSPS) is 11.3. The molecular weight excluding hydrogens is 353 g/mol. The summed E-state index contributed by atoms with van der Waals surface area (Å²) < 4.78 is 38.1. The van der Waals surface area contributed by atoms with Gasteiger partial charge in [-0.3, -0.25) is 14.9 Å². The molecule has 1 amide bonds. The summed E-state index contributed by atoms with van der Waals surface area (Å²) in [6, 6.07) is 3.51. The highest BCUT2D eigenvalue weighted by Crippen LogP contribution is 2.36. The van der Waals surface area contributed by atoms with Crippen molar-refractivity contribution in [3.8, 4) is 0 Å². The first-order valence-corrected chi connectivity index (χ1v) is 6.93. The number of nitrogens with zero attached hydrogens (tertiary/aromatic N) is 4. The fourth-order valence-corrected chi connectivity index (χ4v) is 2.51. The maximum absolute atomic E-state index is 12.6. The van der Waals surface area contributed by atoms with Crippen molar-refractivity contribution in [1.29, 1.82) is 0 Å². The highest BCUT2D eigenvalue weighted by molar-refractivity contribution is 7.99. The number of nitro groups is 1. The van der Waals surface area contributed by atoms with Gasteiger partial charge in [0.2, 0.25) is 5.16 Å². The van der Waals surface area contributed by atoms with Crippen molar-refractivity contribution in [3.05, 3.63) is 39.7 Å². The number of nitro benzene ring substituents is 1. The molecule has 9 nitrogen and oxygen atoms in total. The van der Waals surface area contributed by atoms with E-state index in [0.717, 1.165) is 6.07 Å². The standard InChI is InChI=1S/C11H9F3N6O3S/c1-16-8(21)5-2-3-7(6(4-5)20(22)23)24-10-18-17-9(19(10)15)11(12,13)14/h2-4H,15H2,1H3,(H,16,21). The molecule has 0 aliphatic carbocycles. The second-order valence-electron chi connectivity index (χ2n) is 4.29. The van der Waals surface area contributed by atoms with E-state index in [9.17, 15) is 28.1 Å². The Bertz CT molecular complexity index is 807. The largest absolute Gasteiger partial charge is 0.453 e. The van der Waals surface area contributed by atoms with Gasteiger partial charge in [-0.05, 0) is 23.9 Å². The van der Waals surface area contributed by atoms with Crippen molar-refractivity contribution >= 4 is 23.4 Å². The number of aromatic nitrogens is 3. The third-order valence-electron chi connectivity index (χ3n) is 2.76. The lowest BCUT2D eigenvalue weighted by atomic mass is 10.2. The lowest BCUT2D eigenvalue weighted by Gasteiger charge is -2.07. The van der Waals surface area contributed by atoms with Crippen molar-refractivity contribution in [2.24, 2.45) is 0 Å². The van der Waals surface area contributed by atoms with Gasteiger partial charge < -0.3 is 11.2 Å². The van der Waals surface area contributed by atoms with Crippen LogP contribution in [-0.4, -0.2) is 32.8 Å². The van der Waals surface area contributed by atoms with Crippen LogP contribution in [0.3, 0.4) is 0 Å². The minimum absolute atomic E-state index is 0.0266. The molecule has 2 rings (SSSR count). The van der Waals surface area contributed by atoms with Crippen LogP contribution in [0.15, 0.2) is 28.3 Å². The van der Waals surface area contributed by atoms with E-state index in [1.807, 2.05) is 0 Å². The van der Waals surface area contributed by atoms with Crippen LogP contribution in [0.2, 0.25) is 0 Å². The molecule has 128 valence electrons. The summed E-state index contributed by atoms with van der Waals surface area (Å²) >= 11 is 0.525. The molecule has 0 atom stereocenters. The van der Waals surface area contributed by atoms with Crippen molar-refractivity contribution < 1.29 is 22.9 Å². The Kier molecular flexibility index (Phi) is 4.64. The Balaban J connectivity index is 2.42. The fraction of sp³-hybridized carbons (Fsp3) is 0.182. The molecule has 24 heavy (non-hydrogen) atoms. The molecule has 1 aromatic heterocycles. The Morgan fingerprint density at radius 1 is 1.42 bits per heavy atom. The van der Waals surface area contributed by atoms with E-state index in [2.05, 4.69) is 15.5 Å². The third kappa shape index (κ3) is 3.40. The Hall–Kier alpha value is -2.83. The quantitative estimate of drug-likeness (QED) is 0.478. The van der Waals surface area contributed by atoms with Gasteiger partial charge in [0.25, 0.3) is 17.4 Å². The van der Waals surface area contributed by atoms with Gasteiger partial charge in [0.05, 0.1) is 9.82 Å². The predicted octanol–water partition coefficient (Wildman–Crippen LogP) is 1.43. The molecule has 3 N–H and O–H groups in total. The van der Waals surface area contributed by atoms with Gasteiger partial charge in [-0.1, -0.05) is 0 Å². The molecule has 0 fully saturated rings. The average molecular weight is 362 g/mol. The SMILES string of the molecule is CNC(=O)c1ccc(Sc2nnc(C(F)(F)F)n2N)c([N+](=O)[O-])c1. The zero-order valence-corrected chi connectivity index (χ0v) is 12.7. The highest BCUT2D eigenvalue weighted by Gasteiger charge is 2.38. The monoisotopic (exact) mass is 362 g/mol. The van der Waals surface area contributed by atoms with Crippen LogP contribution in [0, 0.1) is 10.1 Å². The smallest absolute Gasteiger partial charge is 0.355 e. The van der Waals surface area contributed by atoms with Gasteiger partial charge in [0, 0.05) is 18.7 Å². The zero-order valence-electron chi connectivity index (χ0n) is 11.9. The van der Waals surface area contributed by atoms with Gasteiger partial charge in [-0.25, -0.2) is 4.68 Å². The molecular formula is C11H9F3N6O3S. The first kappa shape index (κ1) is 17.5.